The lowest BCUT2D eigenvalue weighted by molar-refractivity contribution is 0.538. The summed E-state index contributed by atoms with van der Waals surface area (Å²) in [4.78, 5) is 8.57. The first-order chi connectivity index (χ1) is 7.61. The summed E-state index contributed by atoms with van der Waals surface area (Å²) in [5.74, 6) is 2.35. The number of anilines is 2. The zero-order valence-corrected chi connectivity index (χ0v) is 10.6. The van der Waals surface area contributed by atoms with Crippen molar-refractivity contribution < 1.29 is 0 Å². The highest BCUT2D eigenvalue weighted by atomic mass is 15.1. The summed E-state index contributed by atoms with van der Waals surface area (Å²) in [6, 6.07) is 0.422. The SMILES string of the molecule is CCNc1cncc(NC(C)CC(C)C)n1. The van der Waals surface area contributed by atoms with E-state index in [1.807, 2.05) is 6.92 Å². The fraction of sp³-hybridized carbons (Fsp3) is 0.667. The van der Waals surface area contributed by atoms with E-state index in [9.17, 15) is 0 Å². The van der Waals surface area contributed by atoms with Gasteiger partial charge in [-0.25, -0.2) is 4.98 Å². The van der Waals surface area contributed by atoms with Gasteiger partial charge in [-0.15, -0.1) is 0 Å². The van der Waals surface area contributed by atoms with Gasteiger partial charge in [0, 0.05) is 12.6 Å². The van der Waals surface area contributed by atoms with Crippen LogP contribution in [0.15, 0.2) is 12.4 Å². The minimum Gasteiger partial charge on any atom is -0.369 e. The van der Waals surface area contributed by atoms with Crippen LogP contribution in [0.2, 0.25) is 0 Å². The van der Waals surface area contributed by atoms with E-state index in [0.717, 1.165) is 24.6 Å². The molecule has 0 aliphatic carbocycles. The van der Waals surface area contributed by atoms with Gasteiger partial charge < -0.3 is 10.6 Å². The molecule has 1 unspecified atom stereocenters. The highest BCUT2D eigenvalue weighted by molar-refractivity contribution is 5.41. The molecule has 0 aromatic carbocycles. The quantitative estimate of drug-likeness (QED) is 0.777. The second-order valence-electron chi connectivity index (χ2n) is 4.49. The van der Waals surface area contributed by atoms with Crippen LogP contribution in [0.1, 0.15) is 34.1 Å². The molecule has 0 amide bonds. The highest BCUT2D eigenvalue weighted by Crippen LogP contribution is 2.11. The van der Waals surface area contributed by atoms with E-state index in [-0.39, 0.29) is 0 Å². The van der Waals surface area contributed by atoms with Crippen molar-refractivity contribution in [2.45, 2.75) is 40.2 Å². The molecule has 0 bridgehead atoms. The van der Waals surface area contributed by atoms with Crippen LogP contribution in [0.4, 0.5) is 11.6 Å². The maximum absolute atomic E-state index is 4.43. The molecule has 0 aliphatic rings. The van der Waals surface area contributed by atoms with Crippen molar-refractivity contribution in [2.75, 3.05) is 17.2 Å². The van der Waals surface area contributed by atoms with Crippen LogP contribution in [0.3, 0.4) is 0 Å². The van der Waals surface area contributed by atoms with Gasteiger partial charge in [-0.3, -0.25) is 4.98 Å². The van der Waals surface area contributed by atoms with Gasteiger partial charge >= 0.3 is 0 Å². The summed E-state index contributed by atoms with van der Waals surface area (Å²) < 4.78 is 0. The lowest BCUT2D eigenvalue weighted by Gasteiger charge is -2.16. The van der Waals surface area contributed by atoms with Crippen molar-refractivity contribution in [3.63, 3.8) is 0 Å². The fourth-order valence-electron chi connectivity index (χ4n) is 1.72. The summed E-state index contributed by atoms with van der Waals surface area (Å²) in [7, 11) is 0. The van der Waals surface area contributed by atoms with Crippen LogP contribution >= 0.6 is 0 Å². The average molecular weight is 222 g/mol. The third-order valence-electron chi connectivity index (χ3n) is 2.21. The van der Waals surface area contributed by atoms with Crippen LogP contribution in [-0.4, -0.2) is 22.6 Å². The summed E-state index contributed by atoms with van der Waals surface area (Å²) in [5.41, 5.74) is 0. The van der Waals surface area contributed by atoms with Gasteiger partial charge in [0.2, 0.25) is 0 Å². The molecule has 0 radical (unpaired) electrons. The number of nitrogens with one attached hydrogen (secondary N) is 2. The Hall–Kier alpha value is -1.32. The van der Waals surface area contributed by atoms with Crippen LogP contribution < -0.4 is 10.6 Å². The number of rotatable bonds is 6. The number of hydrogen-bond donors (Lipinski definition) is 2. The minimum absolute atomic E-state index is 0.422. The monoisotopic (exact) mass is 222 g/mol. The second kappa shape index (κ2) is 6.30. The molecule has 16 heavy (non-hydrogen) atoms. The Kier molecular flexibility index (Phi) is 5.02. The molecule has 4 heteroatoms. The first kappa shape index (κ1) is 12.7. The lowest BCUT2D eigenvalue weighted by atomic mass is 10.1. The van der Waals surface area contributed by atoms with Gasteiger partial charge in [-0.2, -0.15) is 0 Å². The fourth-order valence-corrected chi connectivity index (χ4v) is 1.72. The van der Waals surface area contributed by atoms with Crippen molar-refractivity contribution in [1.82, 2.24) is 9.97 Å². The lowest BCUT2D eigenvalue weighted by Crippen LogP contribution is -2.18. The van der Waals surface area contributed by atoms with Gasteiger partial charge in [0.25, 0.3) is 0 Å². The van der Waals surface area contributed by atoms with Crippen molar-refractivity contribution in [1.29, 1.82) is 0 Å². The average Bonchev–Trinajstić information content (AvgIpc) is 2.17. The molecular formula is C12H22N4. The molecule has 4 nitrogen and oxygen atoms in total. The van der Waals surface area contributed by atoms with Crippen LogP contribution in [0.5, 0.6) is 0 Å². The van der Waals surface area contributed by atoms with E-state index in [2.05, 4.69) is 41.4 Å². The highest BCUT2D eigenvalue weighted by Gasteiger charge is 2.06. The van der Waals surface area contributed by atoms with E-state index in [1.165, 1.54) is 0 Å². The first-order valence-corrected chi connectivity index (χ1v) is 5.94. The van der Waals surface area contributed by atoms with Crippen LogP contribution in [0, 0.1) is 5.92 Å². The Balaban J connectivity index is 2.55. The molecule has 1 heterocycles. The van der Waals surface area contributed by atoms with E-state index >= 15 is 0 Å². The number of aromatic nitrogens is 2. The Bertz CT molecular complexity index is 312. The molecule has 0 fully saturated rings. The first-order valence-electron chi connectivity index (χ1n) is 5.94. The second-order valence-corrected chi connectivity index (χ2v) is 4.49. The van der Waals surface area contributed by atoms with Gasteiger partial charge in [0.15, 0.2) is 0 Å². The van der Waals surface area contributed by atoms with Crippen molar-refractivity contribution in [2.24, 2.45) is 5.92 Å². The van der Waals surface area contributed by atoms with E-state index < -0.39 is 0 Å². The van der Waals surface area contributed by atoms with Gasteiger partial charge in [0.1, 0.15) is 11.6 Å². The summed E-state index contributed by atoms with van der Waals surface area (Å²) in [6.45, 7) is 9.52. The zero-order chi connectivity index (χ0) is 12.0. The summed E-state index contributed by atoms with van der Waals surface area (Å²) in [6.07, 6.45) is 4.63. The Morgan fingerprint density at radius 1 is 1.19 bits per heavy atom. The van der Waals surface area contributed by atoms with Crippen LogP contribution in [0.25, 0.3) is 0 Å². The van der Waals surface area contributed by atoms with Crippen molar-refractivity contribution in [3.05, 3.63) is 12.4 Å². The molecular weight excluding hydrogens is 200 g/mol. The zero-order valence-electron chi connectivity index (χ0n) is 10.6. The van der Waals surface area contributed by atoms with Crippen molar-refractivity contribution >= 4 is 11.6 Å². The topological polar surface area (TPSA) is 49.8 Å². The third kappa shape index (κ3) is 4.47. The number of nitrogens with zero attached hydrogens (tertiary/aromatic N) is 2. The van der Waals surface area contributed by atoms with Gasteiger partial charge in [-0.05, 0) is 26.2 Å². The largest absolute Gasteiger partial charge is 0.369 e. The molecule has 1 aromatic rings. The summed E-state index contributed by atoms with van der Waals surface area (Å²) >= 11 is 0. The van der Waals surface area contributed by atoms with E-state index in [0.29, 0.717) is 12.0 Å². The molecule has 0 aliphatic heterocycles. The molecule has 90 valence electrons. The predicted molar refractivity (Wildman–Crippen MR) is 68.7 cm³/mol. The third-order valence-corrected chi connectivity index (χ3v) is 2.21. The maximum atomic E-state index is 4.43. The van der Waals surface area contributed by atoms with Gasteiger partial charge in [0.05, 0.1) is 12.4 Å². The molecule has 0 saturated heterocycles. The predicted octanol–water partition coefficient (Wildman–Crippen LogP) is 2.75. The summed E-state index contributed by atoms with van der Waals surface area (Å²) in [5, 5.41) is 6.51. The molecule has 1 rings (SSSR count). The minimum atomic E-state index is 0.422. The smallest absolute Gasteiger partial charge is 0.147 e. The Morgan fingerprint density at radius 3 is 2.50 bits per heavy atom. The van der Waals surface area contributed by atoms with E-state index in [1.54, 1.807) is 12.4 Å². The van der Waals surface area contributed by atoms with Crippen LogP contribution in [-0.2, 0) is 0 Å². The maximum Gasteiger partial charge on any atom is 0.147 e. The van der Waals surface area contributed by atoms with Gasteiger partial charge in [-0.1, -0.05) is 13.8 Å². The molecule has 2 N–H and O–H groups in total. The molecule has 1 atom stereocenters. The standard InChI is InChI=1S/C12H22N4/c1-5-14-11-7-13-8-12(16-11)15-10(4)6-9(2)3/h7-10H,5-6H2,1-4H3,(H2,14,15,16). The Morgan fingerprint density at radius 2 is 1.88 bits per heavy atom. The Labute approximate surface area is 97.9 Å². The van der Waals surface area contributed by atoms with Crippen molar-refractivity contribution in [3.8, 4) is 0 Å². The normalized spacial score (nSPS) is 12.6. The van der Waals surface area contributed by atoms with E-state index in [4.69, 9.17) is 0 Å². The molecule has 0 saturated carbocycles. The number of hydrogen-bond acceptors (Lipinski definition) is 4. The molecule has 0 spiro atoms. The molecule has 1 aromatic heterocycles.